The molecule has 1 aromatic carbocycles. The first-order chi connectivity index (χ1) is 17.4. The molecule has 0 bridgehead atoms. The summed E-state index contributed by atoms with van der Waals surface area (Å²) in [6.07, 6.45) is -2.66. The van der Waals surface area contributed by atoms with Crippen molar-refractivity contribution < 1.29 is 41.0 Å². The number of anilines is 1. The number of carbonyl (C=O) groups is 1. The quantitative estimate of drug-likeness (QED) is 0.238. The van der Waals surface area contributed by atoms with Gasteiger partial charge in [0.05, 0.1) is 12.8 Å². The zero-order valence-electron chi connectivity index (χ0n) is 19.9. The van der Waals surface area contributed by atoms with Gasteiger partial charge >= 0.3 is 6.36 Å². The van der Waals surface area contributed by atoms with Crippen LogP contribution in [-0.2, 0) is 16.0 Å². The maximum Gasteiger partial charge on any atom is 0.573 e. The smallest absolute Gasteiger partial charge is 0.493 e. The summed E-state index contributed by atoms with van der Waals surface area (Å²) >= 11 is 0. The predicted octanol–water partition coefficient (Wildman–Crippen LogP) is 5.62. The molecule has 3 rings (SSSR count). The molecule has 37 heavy (non-hydrogen) atoms. The van der Waals surface area contributed by atoms with Gasteiger partial charge < -0.3 is 25.3 Å². The lowest BCUT2D eigenvalue weighted by molar-refractivity contribution is -0.303. The zero-order chi connectivity index (χ0) is 27.3. The van der Waals surface area contributed by atoms with E-state index in [-0.39, 0.29) is 47.0 Å². The minimum Gasteiger partial charge on any atom is -0.493 e. The van der Waals surface area contributed by atoms with Gasteiger partial charge in [-0.2, -0.15) is 0 Å². The van der Waals surface area contributed by atoms with E-state index >= 15 is 0 Å². The Kier molecular flexibility index (Phi) is 8.53. The average molecular weight is 525 g/mol. The van der Waals surface area contributed by atoms with Crippen LogP contribution >= 0.6 is 0 Å². The normalized spacial score (nSPS) is 17.7. The number of methoxy groups -OCH3 is 1. The Labute approximate surface area is 209 Å². The topological polar surface area (TPSA) is 95.7 Å². The Morgan fingerprint density at radius 2 is 2.03 bits per heavy atom. The first-order valence-corrected chi connectivity index (χ1v) is 10.9. The SMILES string of the molecule is C=C(Oc1cc(C2CC2F)ncc1C(=O)Nc1ccc(F)c(CN)c1)/C(=C\C(=C/C)OC(F)(F)F)OC. The van der Waals surface area contributed by atoms with Crippen LogP contribution in [0, 0.1) is 5.82 Å². The maximum atomic E-state index is 13.8. The molecule has 2 atom stereocenters. The molecule has 1 heterocycles. The molecular formula is C25H24F5N3O4. The summed E-state index contributed by atoms with van der Waals surface area (Å²) in [4.78, 5) is 17.2. The molecule has 0 saturated heterocycles. The zero-order valence-corrected chi connectivity index (χ0v) is 19.9. The van der Waals surface area contributed by atoms with Gasteiger partial charge in [0.2, 0.25) is 0 Å². The molecule has 1 aliphatic carbocycles. The molecule has 1 aliphatic rings. The minimum atomic E-state index is -4.94. The number of nitrogens with zero attached hydrogens (tertiary/aromatic N) is 1. The van der Waals surface area contributed by atoms with E-state index in [9.17, 15) is 26.7 Å². The molecule has 12 heteroatoms. The fraction of sp³-hybridized carbons (Fsp3) is 0.280. The second-order valence-electron chi connectivity index (χ2n) is 7.90. The number of allylic oxidation sites excluding steroid dienone is 2. The molecule has 0 radical (unpaired) electrons. The largest absolute Gasteiger partial charge is 0.573 e. The summed E-state index contributed by atoms with van der Waals surface area (Å²) < 4.78 is 80.0. The summed E-state index contributed by atoms with van der Waals surface area (Å²) in [6.45, 7) is 4.89. The van der Waals surface area contributed by atoms with Crippen molar-refractivity contribution in [2.24, 2.45) is 5.73 Å². The molecule has 198 valence electrons. The number of alkyl halides is 4. The number of pyridine rings is 1. The summed E-state index contributed by atoms with van der Waals surface area (Å²) in [6, 6.07) is 5.18. The lowest BCUT2D eigenvalue weighted by Gasteiger charge is -2.16. The van der Waals surface area contributed by atoms with E-state index in [0.717, 1.165) is 18.2 Å². The van der Waals surface area contributed by atoms with Gasteiger partial charge in [0.15, 0.2) is 11.5 Å². The Morgan fingerprint density at radius 3 is 2.59 bits per heavy atom. The first kappa shape index (κ1) is 27.7. The second kappa shape index (κ2) is 11.4. The number of benzene rings is 1. The molecule has 0 spiro atoms. The Hall–Kier alpha value is -3.93. The number of amides is 1. The molecular weight excluding hydrogens is 501 g/mol. The molecule has 7 nitrogen and oxygen atoms in total. The third-order valence-corrected chi connectivity index (χ3v) is 5.27. The van der Waals surface area contributed by atoms with Crippen LogP contribution in [0.25, 0.3) is 0 Å². The third kappa shape index (κ3) is 7.29. The summed E-state index contributed by atoms with van der Waals surface area (Å²) in [7, 11) is 1.17. The van der Waals surface area contributed by atoms with Gasteiger partial charge in [-0.05, 0) is 37.6 Å². The van der Waals surface area contributed by atoms with Gasteiger partial charge in [-0.15, -0.1) is 13.2 Å². The highest BCUT2D eigenvalue weighted by Gasteiger charge is 2.40. The first-order valence-electron chi connectivity index (χ1n) is 10.9. The van der Waals surface area contributed by atoms with Crippen molar-refractivity contribution in [3.05, 3.63) is 89.1 Å². The van der Waals surface area contributed by atoms with E-state index in [1.165, 1.54) is 38.4 Å². The van der Waals surface area contributed by atoms with E-state index in [1.54, 1.807) is 0 Å². The van der Waals surface area contributed by atoms with Gasteiger partial charge in [0.1, 0.15) is 29.1 Å². The van der Waals surface area contributed by atoms with Crippen molar-refractivity contribution >= 4 is 11.6 Å². The van der Waals surface area contributed by atoms with Gasteiger partial charge in [-0.3, -0.25) is 9.78 Å². The van der Waals surface area contributed by atoms with Crippen molar-refractivity contribution in [2.45, 2.75) is 38.3 Å². The van der Waals surface area contributed by atoms with Gasteiger partial charge in [0, 0.05) is 42.1 Å². The van der Waals surface area contributed by atoms with E-state index in [1.807, 2.05) is 0 Å². The Bertz CT molecular complexity index is 1240. The highest BCUT2D eigenvalue weighted by atomic mass is 19.4. The van der Waals surface area contributed by atoms with Gasteiger partial charge in [-0.25, -0.2) is 8.78 Å². The van der Waals surface area contributed by atoms with Crippen molar-refractivity contribution in [2.75, 3.05) is 12.4 Å². The molecule has 1 fully saturated rings. The molecule has 1 saturated carbocycles. The molecule has 0 aliphatic heterocycles. The van der Waals surface area contributed by atoms with E-state index in [4.69, 9.17) is 15.2 Å². The average Bonchev–Trinajstić information content (AvgIpc) is 3.58. The highest BCUT2D eigenvalue weighted by Crippen LogP contribution is 2.44. The Balaban J connectivity index is 1.91. The Morgan fingerprint density at radius 1 is 1.32 bits per heavy atom. The van der Waals surface area contributed by atoms with E-state index < -0.39 is 35.9 Å². The van der Waals surface area contributed by atoms with Crippen LogP contribution in [-0.4, -0.2) is 30.5 Å². The maximum absolute atomic E-state index is 13.8. The second-order valence-corrected chi connectivity index (χ2v) is 7.90. The van der Waals surface area contributed by atoms with E-state index in [0.29, 0.717) is 5.69 Å². The van der Waals surface area contributed by atoms with Crippen molar-refractivity contribution in [1.29, 1.82) is 0 Å². The highest BCUT2D eigenvalue weighted by molar-refractivity contribution is 6.06. The van der Waals surface area contributed by atoms with Crippen LogP contribution in [0.2, 0.25) is 0 Å². The van der Waals surface area contributed by atoms with Crippen LogP contribution in [0.1, 0.15) is 40.9 Å². The lowest BCUT2D eigenvalue weighted by atomic mass is 10.1. The number of rotatable bonds is 10. The number of carbonyl (C=O) groups excluding carboxylic acids is 1. The molecule has 3 N–H and O–H groups in total. The molecule has 2 aromatic rings. The van der Waals surface area contributed by atoms with Gasteiger partial charge in [0.25, 0.3) is 5.91 Å². The van der Waals surface area contributed by atoms with Crippen molar-refractivity contribution in [3.63, 3.8) is 0 Å². The number of nitrogens with two attached hydrogens (primary N) is 1. The summed E-state index contributed by atoms with van der Waals surface area (Å²) in [5.74, 6) is -2.92. The fourth-order valence-electron chi connectivity index (χ4n) is 3.26. The number of hydrogen-bond donors (Lipinski definition) is 2. The van der Waals surface area contributed by atoms with Crippen LogP contribution in [0.4, 0.5) is 27.6 Å². The third-order valence-electron chi connectivity index (χ3n) is 5.27. The lowest BCUT2D eigenvalue weighted by Crippen LogP contribution is -2.16. The van der Waals surface area contributed by atoms with Crippen molar-refractivity contribution in [1.82, 2.24) is 4.98 Å². The van der Waals surface area contributed by atoms with Crippen LogP contribution in [0.3, 0.4) is 0 Å². The number of aromatic nitrogens is 1. The molecule has 1 aromatic heterocycles. The van der Waals surface area contributed by atoms with Crippen LogP contribution in [0.5, 0.6) is 5.75 Å². The standard InChI is InChI=1S/C25H24F5N3O4/c1-4-16(37-25(28,29)30)8-22(35-3)13(2)36-23-10-21(17-9-20(17)27)32-12-18(23)24(34)33-15-5-6-19(26)14(7-15)11-31/h4-8,10,12,17,20H,2,9,11,31H2,1,3H3,(H,33,34)/b16-4+,22-8+. The monoisotopic (exact) mass is 525 g/mol. The molecule has 1 amide bonds. The number of hydrogen-bond acceptors (Lipinski definition) is 6. The van der Waals surface area contributed by atoms with Crippen LogP contribution < -0.4 is 15.8 Å². The fourth-order valence-corrected chi connectivity index (χ4v) is 3.26. The summed E-state index contributed by atoms with van der Waals surface area (Å²) in [5, 5.41) is 2.57. The van der Waals surface area contributed by atoms with E-state index in [2.05, 4.69) is 21.6 Å². The summed E-state index contributed by atoms with van der Waals surface area (Å²) in [5.41, 5.74) is 6.14. The number of nitrogens with one attached hydrogen (secondary N) is 1. The predicted molar refractivity (Wildman–Crippen MR) is 124 cm³/mol. The number of halogens is 5. The van der Waals surface area contributed by atoms with Crippen molar-refractivity contribution in [3.8, 4) is 5.75 Å². The minimum absolute atomic E-state index is 0.0931. The molecule has 2 unspecified atom stereocenters. The van der Waals surface area contributed by atoms with Gasteiger partial charge in [-0.1, -0.05) is 6.58 Å². The number of ether oxygens (including phenoxy) is 3. The van der Waals surface area contributed by atoms with Crippen LogP contribution in [0.15, 0.2) is 66.5 Å².